The van der Waals surface area contributed by atoms with Crippen LogP contribution in [0.5, 0.6) is 11.5 Å². The summed E-state index contributed by atoms with van der Waals surface area (Å²) in [4.78, 5) is 12.4. The van der Waals surface area contributed by atoms with Crippen molar-refractivity contribution in [1.82, 2.24) is 9.88 Å². The third kappa shape index (κ3) is 5.08. The number of nitrogens with zero attached hydrogens (tertiary/aromatic N) is 1. The number of carbonyl (C=O) groups excluding carboxylic acids is 1. The van der Waals surface area contributed by atoms with Gasteiger partial charge in [0.05, 0.1) is 25.9 Å². The lowest BCUT2D eigenvalue weighted by Crippen LogP contribution is -2.28. The van der Waals surface area contributed by atoms with Crippen LogP contribution in [0.15, 0.2) is 67.2 Å². The number of carboxylic acid groups (broad SMARTS) is 1. The van der Waals surface area contributed by atoms with E-state index in [-0.39, 0.29) is 5.69 Å². The van der Waals surface area contributed by atoms with E-state index in [9.17, 15) is 9.90 Å². The number of aromatic nitrogens is 1. The molecule has 0 aliphatic heterocycles. The second-order valence-corrected chi connectivity index (χ2v) is 8.45. The minimum absolute atomic E-state index is 0.184. The molecule has 0 radical (unpaired) electrons. The Hall–Kier alpha value is -4.03. The number of fused-ring (bicyclic) bond motifs is 1. The van der Waals surface area contributed by atoms with Gasteiger partial charge in [-0.05, 0) is 47.9 Å². The number of aromatic carboxylic acids is 1. The van der Waals surface area contributed by atoms with Crippen molar-refractivity contribution in [2.75, 3.05) is 14.2 Å². The molecule has 180 valence electrons. The van der Waals surface area contributed by atoms with Crippen LogP contribution in [0, 0.1) is 6.92 Å². The Morgan fingerprint density at radius 3 is 2.46 bits per heavy atom. The van der Waals surface area contributed by atoms with Crippen molar-refractivity contribution in [2.24, 2.45) is 0 Å². The van der Waals surface area contributed by atoms with E-state index in [2.05, 4.69) is 11.9 Å². The van der Waals surface area contributed by atoms with Crippen LogP contribution < -0.4 is 19.9 Å². The minimum Gasteiger partial charge on any atom is -0.543 e. The van der Waals surface area contributed by atoms with Gasteiger partial charge in [-0.2, -0.15) is 0 Å². The molecule has 4 aromatic rings. The molecule has 0 spiro atoms. The van der Waals surface area contributed by atoms with Crippen LogP contribution in [0.4, 0.5) is 0 Å². The van der Waals surface area contributed by atoms with Crippen LogP contribution >= 0.6 is 0 Å². The number of aryl methyl sites for hydroxylation is 1. The molecule has 6 nitrogen and oxygen atoms in total. The van der Waals surface area contributed by atoms with Gasteiger partial charge >= 0.3 is 0 Å². The molecule has 0 bridgehead atoms. The van der Waals surface area contributed by atoms with Crippen molar-refractivity contribution in [3.05, 3.63) is 101 Å². The van der Waals surface area contributed by atoms with Crippen molar-refractivity contribution in [2.45, 2.75) is 26.6 Å². The fourth-order valence-corrected chi connectivity index (χ4v) is 4.39. The smallest absolute Gasteiger partial charge is 0.123 e. The highest BCUT2D eigenvalue weighted by Gasteiger charge is 2.19. The monoisotopic (exact) mass is 469 g/mol. The highest BCUT2D eigenvalue weighted by Crippen LogP contribution is 2.29. The number of nitrogens with one attached hydrogen (secondary N) is 1. The molecule has 0 saturated carbocycles. The summed E-state index contributed by atoms with van der Waals surface area (Å²) in [5.74, 6) is 0.268. The van der Waals surface area contributed by atoms with Crippen LogP contribution in [0.2, 0.25) is 0 Å². The summed E-state index contributed by atoms with van der Waals surface area (Å²) in [6.07, 6.45) is 1.78. The summed E-state index contributed by atoms with van der Waals surface area (Å²) >= 11 is 0. The molecular formula is C29H29N2O4-. The van der Waals surface area contributed by atoms with Crippen LogP contribution in [0.1, 0.15) is 38.3 Å². The van der Waals surface area contributed by atoms with Crippen LogP contribution in [0.3, 0.4) is 0 Å². The van der Waals surface area contributed by atoms with Gasteiger partial charge in [0.25, 0.3) is 0 Å². The number of methoxy groups -OCH3 is 2. The van der Waals surface area contributed by atoms with Gasteiger partial charge in [-0.1, -0.05) is 49.1 Å². The van der Waals surface area contributed by atoms with Gasteiger partial charge in [0, 0.05) is 41.7 Å². The van der Waals surface area contributed by atoms with E-state index in [1.807, 2.05) is 72.2 Å². The number of carboxylic acids is 1. The van der Waals surface area contributed by atoms with Crippen molar-refractivity contribution < 1.29 is 19.4 Å². The van der Waals surface area contributed by atoms with Crippen LogP contribution in [-0.4, -0.2) is 24.8 Å². The van der Waals surface area contributed by atoms with E-state index in [0.717, 1.165) is 44.7 Å². The third-order valence-electron chi connectivity index (χ3n) is 6.18. The summed E-state index contributed by atoms with van der Waals surface area (Å²) in [7, 11) is 3.24. The molecule has 0 aliphatic rings. The third-order valence-corrected chi connectivity index (χ3v) is 6.18. The topological polar surface area (TPSA) is 75.6 Å². The van der Waals surface area contributed by atoms with Gasteiger partial charge in [-0.25, -0.2) is 0 Å². The SMILES string of the molecule is C=Cc1ccc(Cn2c(C(=O)[O-])c(CNCc3cc(OC)ccc3OC)c3ccc(C)cc32)cc1. The Bertz CT molecular complexity index is 1370. The predicted octanol–water partition coefficient (Wildman–Crippen LogP) is 4.31. The molecule has 0 fully saturated rings. The molecule has 0 amide bonds. The van der Waals surface area contributed by atoms with Gasteiger partial charge in [-0.15, -0.1) is 0 Å². The van der Waals surface area contributed by atoms with Crippen molar-refractivity contribution in [3.63, 3.8) is 0 Å². The Morgan fingerprint density at radius 1 is 1.03 bits per heavy atom. The molecule has 0 saturated heterocycles. The lowest BCUT2D eigenvalue weighted by atomic mass is 10.1. The first kappa shape index (κ1) is 24.1. The molecule has 0 atom stereocenters. The van der Waals surface area contributed by atoms with Gasteiger partial charge in [0.1, 0.15) is 11.5 Å². The second kappa shape index (κ2) is 10.5. The Labute approximate surface area is 205 Å². The van der Waals surface area contributed by atoms with E-state index in [1.54, 1.807) is 20.3 Å². The Kier molecular flexibility index (Phi) is 7.22. The maximum absolute atomic E-state index is 12.4. The molecule has 1 heterocycles. The number of ether oxygens (including phenoxy) is 2. The molecular weight excluding hydrogens is 440 g/mol. The van der Waals surface area contributed by atoms with E-state index in [1.165, 1.54) is 0 Å². The maximum atomic E-state index is 12.4. The Balaban J connectivity index is 1.70. The van der Waals surface area contributed by atoms with E-state index in [0.29, 0.717) is 25.2 Å². The van der Waals surface area contributed by atoms with Crippen molar-refractivity contribution in [3.8, 4) is 11.5 Å². The zero-order valence-corrected chi connectivity index (χ0v) is 20.3. The lowest BCUT2D eigenvalue weighted by molar-refractivity contribution is -0.255. The average Bonchev–Trinajstić information content (AvgIpc) is 3.16. The molecule has 1 aromatic heterocycles. The standard InChI is InChI=1S/C29H30N2O4/c1-5-20-7-9-21(10-8-20)18-31-26-14-19(2)6-12-24(26)25(28(31)29(32)33)17-30-16-22-15-23(34-3)11-13-27(22)35-4/h5-15,30H,1,16-18H2,2-4H3,(H,32,33)/p-1. The summed E-state index contributed by atoms with van der Waals surface area (Å²) in [5.41, 5.74) is 5.74. The average molecular weight is 470 g/mol. The number of hydrogen-bond acceptors (Lipinski definition) is 5. The second-order valence-electron chi connectivity index (χ2n) is 8.45. The zero-order chi connectivity index (χ0) is 24.9. The fraction of sp³-hybridized carbons (Fsp3) is 0.207. The largest absolute Gasteiger partial charge is 0.543 e. The lowest BCUT2D eigenvalue weighted by Gasteiger charge is -2.15. The molecule has 3 aromatic carbocycles. The summed E-state index contributed by atoms with van der Waals surface area (Å²) in [6.45, 7) is 7.05. The quantitative estimate of drug-likeness (QED) is 0.375. The molecule has 4 rings (SSSR count). The number of benzene rings is 3. The van der Waals surface area contributed by atoms with E-state index < -0.39 is 5.97 Å². The van der Waals surface area contributed by atoms with Crippen molar-refractivity contribution in [1.29, 1.82) is 0 Å². The number of rotatable bonds is 10. The van der Waals surface area contributed by atoms with Crippen LogP contribution in [-0.2, 0) is 19.6 Å². The molecule has 35 heavy (non-hydrogen) atoms. The maximum Gasteiger partial charge on any atom is 0.123 e. The van der Waals surface area contributed by atoms with Crippen LogP contribution in [0.25, 0.3) is 17.0 Å². The minimum atomic E-state index is -1.20. The Morgan fingerprint density at radius 2 is 1.80 bits per heavy atom. The zero-order valence-electron chi connectivity index (χ0n) is 20.3. The van der Waals surface area contributed by atoms with Gasteiger partial charge < -0.3 is 29.3 Å². The summed E-state index contributed by atoms with van der Waals surface area (Å²) in [6, 6.07) is 19.5. The highest BCUT2D eigenvalue weighted by atomic mass is 16.5. The van der Waals surface area contributed by atoms with E-state index in [4.69, 9.17) is 9.47 Å². The van der Waals surface area contributed by atoms with Crippen molar-refractivity contribution >= 4 is 22.9 Å². The van der Waals surface area contributed by atoms with Gasteiger partial charge in [0.15, 0.2) is 0 Å². The summed E-state index contributed by atoms with van der Waals surface area (Å²) in [5, 5.41) is 16.7. The van der Waals surface area contributed by atoms with Gasteiger partial charge in [0.2, 0.25) is 0 Å². The predicted molar refractivity (Wildman–Crippen MR) is 137 cm³/mol. The normalized spacial score (nSPS) is 10.9. The number of carbonyl (C=O) groups is 1. The fourth-order valence-electron chi connectivity index (χ4n) is 4.39. The molecule has 6 heteroatoms. The van der Waals surface area contributed by atoms with E-state index >= 15 is 0 Å². The first-order valence-electron chi connectivity index (χ1n) is 11.4. The first-order chi connectivity index (χ1) is 16.9. The summed E-state index contributed by atoms with van der Waals surface area (Å²) < 4.78 is 12.6. The van der Waals surface area contributed by atoms with Gasteiger partial charge in [-0.3, -0.25) is 0 Å². The first-order valence-corrected chi connectivity index (χ1v) is 11.4. The molecule has 0 aliphatic carbocycles. The molecule has 0 unspecified atom stereocenters. The molecule has 1 N–H and O–H groups in total. The number of hydrogen-bond donors (Lipinski definition) is 1. The highest BCUT2D eigenvalue weighted by molar-refractivity contribution is 5.97.